The molecule has 1 spiro atoms. The molecule has 0 saturated carbocycles. The molecule has 5 heteroatoms. The van der Waals surface area contributed by atoms with Gasteiger partial charge in [0.05, 0.1) is 30.2 Å². The molecule has 3 aliphatic heterocycles. The van der Waals surface area contributed by atoms with E-state index in [1.165, 1.54) is 12.7 Å². The molecule has 2 bridgehead atoms. The first-order chi connectivity index (χ1) is 12.1. The van der Waals surface area contributed by atoms with Crippen LogP contribution in [0, 0.1) is 5.92 Å². The summed E-state index contributed by atoms with van der Waals surface area (Å²) in [5.74, 6) is -0.626. The Bertz CT molecular complexity index is 843. The minimum absolute atomic E-state index is 0.000700. The highest BCUT2D eigenvalue weighted by molar-refractivity contribution is 5.94. The molecule has 4 aliphatic rings. The van der Waals surface area contributed by atoms with Gasteiger partial charge in [0.15, 0.2) is 0 Å². The first kappa shape index (κ1) is 15.2. The number of piperidine rings is 1. The molecule has 5 nitrogen and oxygen atoms in total. The number of nitrogens with one attached hydrogen (secondary N) is 1. The number of hydrogen-bond acceptors (Lipinski definition) is 5. The van der Waals surface area contributed by atoms with Gasteiger partial charge in [-0.1, -0.05) is 24.3 Å². The summed E-state index contributed by atoms with van der Waals surface area (Å²) < 4.78 is 5.14. The minimum atomic E-state index is -0.603. The van der Waals surface area contributed by atoms with Crippen LogP contribution in [0.2, 0.25) is 0 Å². The number of methoxy groups -OCH3 is 1. The molecular weight excluding hydrogens is 316 g/mol. The van der Waals surface area contributed by atoms with Gasteiger partial charge in [-0.15, -0.1) is 0 Å². The Kier molecular flexibility index (Phi) is 3.01. The topological polar surface area (TPSA) is 61.8 Å². The Morgan fingerprint density at radius 1 is 1.44 bits per heavy atom. The van der Waals surface area contributed by atoms with E-state index in [0.29, 0.717) is 5.57 Å². The van der Waals surface area contributed by atoms with E-state index in [2.05, 4.69) is 22.3 Å². The number of fused-ring (bicyclic) bond motifs is 2. The summed E-state index contributed by atoms with van der Waals surface area (Å²) in [6.07, 6.45) is 2.34. The van der Waals surface area contributed by atoms with Crippen LogP contribution in [0.3, 0.4) is 0 Å². The molecule has 130 valence electrons. The maximum atomic E-state index is 12.8. The molecule has 1 aliphatic carbocycles. The number of para-hydroxylation sites is 1. The fourth-order valence-corrected chi connectivity index (χ4v) is 5.70. The molecule has 5 rings (SSSR count). The lowest BCUT2D eigenvalue weighted by atomic mass is 9.60. The van der Waals surface area contributed by atoms with Gasteiger partial charge in [-0.3, -0.25) is 4.90 Å². The van der Waals surface area contributed by atoms with Gasteiger partial charge >= 0.3 is 5.97 Å². The fourth-order valence-electron chi connectivity index (χ4n) is 5.70. The normalized spacial score (nSPS) is 36.9. The minimum Gasteiger partial charge on any atom is -0.466 e. The summed E-state index contributed by atoms with van der Waals surface area (Å²) in [6.45, 7) is 3.71. The summed E-state index contributed by atoms with van der Waals surface area (Å²) in [4.78, 5) is 15.2. The molecule has 2 fully saturated rings. The number of rotatable bonds is 1. The molecule has 0 radical (unpaired) electrons. The summed E-state index contributed by atoms with van der Waals surface area (Å²) in [5.41, 5.74) is 4.56. The van der Waals surface area contributed by atoms with Gasteiger partial charge in [-0.05, 0) is 30.5 Å². The van der Waals surface area contributed by atoms with Crippen LogP contribution in [0.1, 0.15) is 18.9 Å². The standard InChI is InChI=1S/C20H22N2O3/c1-3-11-10-22-9-8-20-12-6-4-5-7-13(12)21-17(20)15(19(24)25-2)14(11)16(23)18(20)22/h3-7,14,16,18,21,23H,8-10H2,1-2H3. The first-order valence-electron chi connectivity index (χ1n) is 8.90. The number of carbonyl (C=O) groups excluding carboxylic acids is 1. The van der Waals surface area contributed by atoms with Crippen LogP contribution in [0.15, 0.2) is 47.2 Å². The van der Waals surface area contributed by atoms with Crippen molar-refractivity contribution in [1.82, 2.24) is 4.90 Å². The molecule has 0 aromatic heterocycles. The highest BCUT2D eigenvalue weighted by atomic mass is 16.5. The van der Waals surface area contributed by atoms with Crippen LogP contribution in [0.5, 0.6) is 0 Å². The lowest BCUT2D eigenvalue weighted by Gasteiger charge is -2.51. The summed E-state index contributed by atoms with van der Waals surface area (Å²) in [5, 5.41) is 14.8. The van der Waals surface area contributed by atoms with E-state index in [0.717, 1.165) is 36.5 Å². The van der Waals surface area contributed by atoms with Gasteiger partial charge in [-0.2, -0.15) is 0 Å². The van der Waals surface area contributed by atoms with Crippen LogP contribution < -0.4 is 5.32 Å². The summed E-state index contributed by atoms with van der Waals surface area (Å²) in [6, 6.07) is 8.23. The zero-order chi connectivity index (χ0) is 17.3. The first-order valence-corrected chi connectivity index (χ1v) is 8.90. The van der Waals surface area contributed by atoms with Crippen molar-refractivity contribution in [2.45, 2.75) is 30.9 Å². The highest BCUT2D eigenvalue weighted by Crippen LogP contribution is 2.61. The Balaban J connectivity index is 1.85. The van der Waals surface area contributed by atoms with Gasteiger partial charge in [0.25, 0.3) is 0 Å². The second-order valence-corrected chi connectivity index (χ2v) is 7.42. The predicted octanol–water partition coefficient (Wildman–Crippen LogP) is 1.80. The number of esters is 1. The molecule has 2 saturated heterocycles. The van der Waals surface area contributed by atoms with Crippen molar-refractivity contribution in [3.63, 3.8) is 0 Å². The number of anilines is 1. The Labute approximate surface area is 147 Å². The molecule has 3 heterocycles. The molecule has 0 amide bonds. The lowest BCUT2D eigenvalue weighted by molar-refractivity contribution is -0.138. The smallest absolute Gasteiger partial charge is 0.336 e. The third-order valence-corrected chi connectivity index (χ3v) is 6.61. The monoisotopic (exact) mass is 338 g/mol. The van der Waals surface area contributed by atoms with Crippen molar-refractivity contribution < 1.29 is 14.6 Å². The van der Waals surface area contributed by atoms with Gasteiger partial charge < -0.3 is 15.2 Å². The third-order valence-electron chi connectivity index (χ3n) is 6.61. The van der Waals surface area contributed by atoms with Crippen LogP contribution in [0.25, 0.3) is 0 Å². The second kappa shape index (κ2) is 4.96. The number of aliphatic hydroxyl groups is 1. The van der Waals surface area contributed by atoms with Crippen molar-refractivity contribution in [2.24, 2.45) is 5.92 Å². The molecular formula is C20H22N2O3. The van der Waals surface area contributed by atoms with Crippen LogP contribution in [-0.2, 0) is 14.9 Å². The Hall–Kier alpha value is -2.11. The van der Waals surface area contributed by atoms with Crippen molar-refractivity contribution in [3.8, 4) is 0 Å². The Morgan fingerprint density at radius 3 is 3.00 bits per heavy atom. The molecule has 4 atom stereocenters. The zero-order valence-electron chi connectivity index (χ0n) is 14.5. The van der Waals surface area contributed by atoms with E-state index in [4.69, 9.17) is 4.74 Å². The van der Waals surface area contributed by atoms with Crippen molar-refractivity contribution in [3.05, 3.63) is 52.7 Å². The van der Waals surface area contributed by atoms with E-state index < -0.39 is 6.10 Å². The number of allylic oxidation sites excluding steroid dienone is 1. The number of aliphatic hydroxyl groups excluding tert-OH is 1. The maximum Gasteiger partial charge on any atom is 0.336 e. The maximum absolute atomic E-state index is 12.8. The van der Waals surface area contributed by atoms with Gasteiger partial charge in [0, 0.05) is 30.4 Å². The van der Waals surface area contributed by atoms with Crippen LogP contribution in [0.4, 0.5) is 5.69 Å². The quantitative estimate of drug-likeness (QED) is 0.604. The highest BCUT2D eigenvalue weighted by Gasteiger charge is 2.65. The zero-order valence-corrected chi connectivity index (χ0v) is 14.5. The van der Waals surface area contributed by atoms with Crippen LogP contribution in [-0.4, -0.2) is 48.3 Å². The molecule has 2 N–H and O–H groups in total. The largest absolute Gasteiger partial charge is 0.466 e. The molecule has 1 aromatic carbocycles. The van der Waals surface area contributed by atoms with E-state index >= 15 is 0 Å². The third kappa shape index (κ3) is 1.63. The van der Waals surface area contributed by atoms with Gasteiger partial charge in [0.1, 0.15) is 0 Å². The van der Waals surface area contributed by atoms with Gasteiger partial charge in [0.2, 0.25) is 0 Å². The van der Waals surface area contributed by atoms with E-state index in [1.807, 2.05) is 25.1 Å². The number of nitrogens with zero attached hydrogens (tertiary/aromatic N) is 1. The average Bonchev–Trinajstić information content (AvgIpc) is 3.18. The van der Waals surface area contributed by atoms with E-state index in [-0.39, 0.29) is 23.3 Å². The molecule has 4 unspecified atom stereocenters. The second-order valence-electron chi connectivity index (χ2n) is 7.42. The summed E-state index contributed by atoms with van der Waals surface area (Å²) in [7, 11) is 1.42. The number of benzene rings is 1. The lowest BCUT2D eigenvalue weighted by Crippen LogP contribution is -2.61. The molecule has 25 heavy (non-hydrogen) atoms. The predicted molar refractivity (Wildman–Crippen MR) is 94.0 cm³/mol. The number of ether oxygens (including phenoxy) is 1. The van der Waals surface area contributed by atoms with Crippen LogP contribution >= 0.6 is 0 Å². The van der Waals surface area contributed by atoms with E-state index in [1.54, 1.807) is 0 Å². The van der Waals surface area contributed by atoms with E-state index in [9.17, 15) is 9.90 Å². The Morgan fingerprint density at radius 2 is 2.24 bits per heavy atom. The van der Waals surface area contributed by atoms with Crippen molar-refractivity contribution in [1.29, 1.82) is 0 Å². The average molecular weight is 338 g/mol. The van der Waals surface area contributed by atoms with Gasteiger partial charge in [-0.25, -0.2) is 4.79 Å². The number of hydrogen-bond donors (Lipinski definition) is 2. The fraction of sp³-hybridized carbons (Fsp3) is 0.450. The van der Waals surface area contributed by atoms with Crippen molar-refractivity contribution in [2.75, 3.05) is 25.5 Å². The number of carbonyl (C=O) groups is 1. The van der Waals surface area contributed by atoms with Crippen molar-refractivity contribution >= 4 is 11.7 Å². The summed E-state index contributed by atoms with van der Waals surface area (Å²) >= 11 is 0. The SMILES string of the molecule is CC=C1CN2CCC34C(=C(C(=O)OC)C1C(O)C23)Nc1ccccc14. The molecule has 1 aromatic rings.